The number of nitrogens with zero attached hydrogens (tertiary/aromatic N) is 1. The lowest BCUT2D eigenvalue weighted by Gasteiger charge is -2.13. The molecule has 2 N–H and O–H groups in total. The first kappa shape index (κ1) is 17.8. The third-order valence-electron chi connectivity index (χ3n) is 4.77. The van der Waals surface area contributed by atoms with Gasteiger partial charge in [0.1, 0.15) is 11.6 Å². The van der Waals surface area contributed by atoms with Gasteiger partial charge in [-0.3, -0.25) is 4.79 Å². The molecule has 2 aromatic rings. The van der Waals surface area contributed by atoms with Gasteiger partial charge in [-0.15, -0.1) is 0 Å². The van der Waals surface area contributed by atoms with Crippen molar-refractivity contribution < 1.29 is 19.4 Å². The fourth-order valence-electron chi connectivity index (χ4n) is 3.05. The highest BCUT2D eigenvalue weighted by atomic mass is 16.5. The Morgan fingerprint density at radius 2 is 1.77 bits per heavy atom. The number of nitrogens with one attached hydrogen (secondary N) is 1. The number of amides is 1. The minimum atomic E-state index is -0.209. The summed E-state index contributed by atoms with van der Waals surface area (Å²) in [6.45, 7) is 5.34. The van der Waals surface area contributed by atoms with Crippen molar-refractivity contribution in [3.63, 3.8) is 0 Å². The van der Waals surface area contributed by atoms with Crippen LogP contribution in [0.1, 0.15) is 27.9 Å². The number of carbonyl (C=O) groups excluding carboxylic acids is 1. The van der Waals surface area contributed by atoms with Gasteiger partial charge in [0, 0.05) is 12.0 Å². The van der Waals surface area contributed by atoms with Crippen molar-refractivity contribution in [2.45, 2.75) is 27.2 Å². The summed E-state index contributed by atoms with van der Waals surface area (Å²) in [6.07, 6.45) is 2.36. The molecule has 1 amide bonds. The molecule has 0 bridgehead atoms. The van der Waals surface area contributed by atoms with E-state index in [0.717, 1.165) is 16.7 Å². The maximum absolute atomic E-state index is 12.7. The van der Waals surface area contributed by atoms with E-state index in [1.54, 1.807) is 28.1 Å². The summed E-state index contributed by atoms with van der Waals surface area (Å²) in [5.74, 6) is 1.69. The second-order valence-electron chi connectivity index (χ2n) is 6.35. The van der Waals surface area contributed by atoms with Gasteiger partial charge >= 0.3 is 0 Å². The van der Waals surface area contributed by atoms with Gasteiger partial charge in [0.25, 0.3) is 5.91 Å². The number of pyridine rings is 1. The van der Waals surface area contributed by atoms with E-state index in [1.165, 1.54) is 0 Å². The van der Waals surface area contributed by atoms with Crippen LogP contribution in [0, 0.1) is 20.8 Å². The largest absolute Gasteiger partial charge is 0.506 e. The Morgan fingerprint density at radius 3 is 2.42 bits per heavy atom. The van der Waals surface area contributed by atoms with Gasteiger partial charge in [-0.05, 0) is 61.2 Å². The maximum atomic E-state index is 12.7. The first-order chi connectivity index (χ1) is 12.3. The number of aryl methyl sites for hydroxylation is 1. The second-order valence-corrected chi connectivity index (χ2v) is 6.35. The Hall–Kier alpha value is -3.02. The van der Waals surface area contributed by atoms with Crippen molar-refractivity contribution in [2.75, 3.05) is 19.5 Å². The van der Waals surface area contributed by atoms with Crippen molar-refractivity contribution >= 4 is 17.8 Å². The van der Waals surface area contributed by atoms with Gasteiger partial charge in [0.15, 0.2) is 11.5 Å². The van der Waals surface area contributed by atoms with Crippen LogP contribution in [0.3, 0.4) is 0 Å². The van der Waals surface area contributed by atoms with Crippen LogP contribution in [-0.4, -0.2) is 30.2 Å². The predicted octanol–water partition coefficient (Wildman–Crippen LogP) is 3.31. The third kappa shape index (κ3) is 2.98. The lowest BCUT2D eigenvalue weighted by molar-refractivity contribution is -0.112. The molecule has 1 aliphatic rings. The molecule has 0 atom stereocenters. The molecule has 0 unspecified atom stereocenters. The summed E-state index contributed by atoms with van der Waals surface area (Å²) in [5, 5.41) is 12.8. The molecule has 136 valence electrons. The molecule has 0 saturated carbocycles. The lowest BCUT2D eigenvalue weighted by Crippen LogP contribution is -2.17. The third-order valence-corrected chi connectivity index (χ3v) is 4.77. The van der Waals surface area contributed by atoms with Crippen molar-refractivity contribution in [3.8, 4) is 17.2 Å². The van der Waals surface area contributed by atoms with Gasteiger partial charge in [-0.25, -0.2) is 4.98 Å². The number of benzene rings is 1. The van der Waals surface area contributed by atoms with Crippen LogP contribution >= 0.6 is 0 Å². The highest BCUT2D eigenvalue weighted by molar-refractivity contribution is 6.08. The van der Waals surface area contributed by atoms with Crippen molar-refractivity contribution in [3.05, 3.63) is 45.7 Å². The van der Waals surface area contributed by atoms with E-state index in [1.807, 2.05) is 25.1 Å². The topological polar surface area (TPSA) is 80.7 Å². The van der Waals surface area contributed by atoms with E-state index in [9.17, 15) is 9.90 Å². The fourth-order valence-corrected chi connectivity index (χ4v) is 3.05. The van der Waals surface area contributed by atoms with Crippen LogP contribution in [0.15, 0.2) is 17.7 Å². The minimum absolute atomic E-state index is 0.159. The highest BCUT2D eigenvalue weighted by Gasteiger charge is 2.22. The van der Waals surface area contributed by atoms with Crippen LogP contribution in [0.2, 0.25) is 0 Å². The molecule has 0 saturated heterocycles. The van der Waals surface area contributed by atoms with Gasteiger partial charge in [0.05, 0.1) is 19.9 Å². The molecule has 3 rings (SSSR count). The number of aromatic nitrogens is 1. The molecule has 0 aliphatic heterocycles. The Balaban J connectivity index is 1.86. The summed E-state index contributed by atoms with van der Waals surface area (Å²) >= 11 is 0. The Morgan fingerprint density at radius 1 is 1.12 bits per heavy atom. The normalized spacial score (nSPS) is 12.4. The first-order valence-electron chi connectivity index (χ1n) is 8.29. The Bertz CT molecular complexity index is 932. The standard InChI is InChI=1S/C20H22N2O4/c1-10-11(2)19(21-12(3)18(10)23)22-20(24)15-6-13-8-16(25-4)17(26-5)9-14(13)7-15/h6,8-9,23H,7H2,1-5H3,(H,21,22,24). The van der Waals surface area contributed by atoms with Crippen LogP contribution in [-0.2, 0) is 11.2 Å². The molecule has 0 fully saturated rings. The predicted molar refractivity (Wildman–Crippen MR) is 100.0 cm³/mol. The minimum Gasteiger partial charge on any atom is -0.506 e. The van der Waals surface area contributed by atoms with E-state index >= 15 is 0 Å². The molecule has 0 spiro atoms. The number of aromatic hydroxyl groups is 1. The number of anilines is 1. The van der Waals surface area contributed by atoms with Crippen LogP contribution < -0.4 is 14.8 Å². The summed E-state index contributed by atoms with van der Waals surface area (Å²) in [5.41, 5.74) is 4.54. The quantitative estimate of drug-likeness (QED) is 0.880. The average Bonchev–Trinajstić information content (AvgIpc) is 3.06. The van der Waals surface area contributed by atoms with Gasteiger partial charge in [-0.2, -0.15) is 0 Å². The summed E-state index contributed by atoms with van der Waals surface area (Å²) in [4.78, 5) is 17.0. The first-order valence-corrected chi connectivity index (χ1v) is 8.29. The van der Waals surface area contributed by atoms with E-state index in [2.05, 4.69) is 10.3 Å². The number of hydrogen-bond acceptors (Lipinski definition) is 5. The van der Waals surface area contributed by atoms with Crippen molar-refractivity contribution in [2.24, 2.45) is 0 Å². The number of hydrogen-bond donors (Lipinski definition) is 2. The average molecular weight is 354 g/mol. The molecule has 1 heterocycles. The van der Waals surface area contributed by atoms with Gasteiger partial charge in [-0.1, -0.05) is 0 Å². The molecular formula is C20H22N2O4. The van der Waals surface area contributed by atoms with E-state index in [0.29, 0.717) is 40.6 Å². The molecule has 26 heavy (non-hydrogen) atoms. The highest BCUT2D eigenvalue weighted by Crippen LogP contribution is 2.36. The van der Waals surface area contributed by atoms with E-state index in [-0.39, 0.29) is 11.7 Å². The number of carbonyl (C=O) groups is 1. The van der Waals surface area contributed by atoms with Crippen molar-refractivity contribution in [1.82, 2.24) is 4.98 Å². The zero-order valence-corrected chi connectivity index (χ0v) is 15.6. The Labute approximate surface area is 152 Å². The number of ether oxygens (including phenoxy) is 2. The molecule has 6 nitrogen and oxygen atoms in total. The smallest absolute Gasteiger partial charge is 0.253 e. The van der Waals surface area contributed by atoms with Gasteiger partial charge < -0.3 is 19.9 Å². The second kappa shape index (κ2) is 6.71. The lowest BCUT2D eigenvalue weighted by atomic mass is 10.1. The summed E-state index contributed by atoms with van der Waals surface area (Å²) in [6, 6.07) is 3.76. The van der Waals surface area contributed by atoms with Crippen LogP contribution in [0.4, 0.5) is 5.82 Å². The van der Waals surface area contributed by atoms with Gasteiger partial charge in [0.2, 0.25) is 0 Å². The zero-order valence-electron chi connectivity index (χ0n) is 15.6. The monoisotopic (exact) mass is 354 g/mol. The van der Waals surface area contributed by atoms with Crippen molar-refractivity contribution in [1.29, 1.82) is 0 Å². The molecule has 6 heteroatoms. The van der Waals surface area contributed by atoms with E-state index in [4.69, 9.17) is 9.47 Å². The van der Waals surface area contributed by atoms with Crippen LogP contribution in [0.25, 0.3) is 6.08 Å². The number of rotatable bonds is 4. The maximum Gasteiger partial charge on any atom is 0.253 e. The number of fused-ring (bicyclic) bond motifs is 1. The number of methoxy groups -OCH3 is 2. The van der Waals surface area contributed by atoms with Crippen LogP contribution in [0.5, 0.6) is 17.2 Å². The summed E-state index contributed by atoms with van der Waals surface area (Å²) < 4.78 is 10.6. The molecule has 1 aliphatic carbocycles. The molecule has 1 aromatic heterocycles. The zero-order chi connectivity index (χ0) is 19.0. The SMILES string of the molecule is COc1cc2c(cc1OC)CC(C(=O)Nc1nc(C)c(O)c(C)c1C)=C2. The molecule has 1 aromatic carbocycles. The molecular weight excluding hydrogens is 332 g/mol. The summed E-state index contributed by atoms with van der Waals surface area (Å²) in [7, 11) is 3.17. The van der Waals surface area contributed by atoms with E-state index < -0.39 is 0 Å². The fraction of sp³-hybridized carbons (Fsp3) is 0.300. The Kier molecular flexibility index (Phi) is 4.59. The molecule has 0 radical (unpaired) electrons.